The normalized spacial score (nSPS) is 31.6. The molecule has 4 heteroatoms. The van der Waals surface area contributed by atoms with Gasteiger partial charge < -0.3 is 4.84 Å². The van der Waals surface area contributed by atoms with Gasteiger partial charge in [-0.05, 0) is 54.9 Å². The lowest BCUT2D eigenvalue weighted by Crippen LogP contribution is -2.32. The number of hydrogen-bond acceptors (Lipinski definition) is 3. The molecule has 2 fully saturated rings. The summed E-state index contributed by atoms with van der Waals surface area (Å²) in [7, 11) is 0. The molecular weight excluding hydrogens is 286 g/mol. The Labute approximate surface area is 130 Å². The van der Waals surface area contributed by atoms with Crippen LogP contribution in [0.25, 0.3) is 0 Å². The SMILES string of the molecule is CC12CCC(C/C1=N\OC(=O)c1ccc(Cl)cc1)C2(C)C. The number of nitrogens with zero attached hydrogens (tertiary/aromatic N) is 1. The minimum Gasteiger partial charge on any atom is -0.313 e. The van der Waals surface area contributed by atoms with Crippen molar-refractivity contribution in [2.24, 2.45) is 21.9 Å². The molecule has 3 nitrogen and oxygen atoms in total. The van der Waals surface area contributed by atoms with Crippen molar-refractivity contribution in [1.29, 1.82) is 0 Å². The van der Waals surface area contributed by atoms with Crippen LogP contribution in [0.15, 0.2) is 29.4 Å². The van der Waals surface area contributed by atoms with Gasteiger partial charge in [0.15, 0.2) is 0 Å². The molecule has 0 spiro atoms. The van der Waals surface area contributed by atoms with Gasteiger partial charge in [0, 0.05) is 10.4 Å². The highest BCUT2D eigenvalue weighted by Gasteiger charge is 2.60. The molecule has 0 saturated heterocycles. The van der Waals surface area contributed by atoms with Crippen LogP contribution in [0.4, 0.5) is 0 Å². The van der Waals surface area contributed by atoms with Crippen molar-refractivity contribution in [3.8, 4) is 0 Å². The van der Waals surface area contributed by atoms with E-state index in [2.05, 4.69) is 25.9 Å². The first-order chi connectivity index (χ1) is 9.84. The van der Waals surface area contributed by atoms with E-state index in [-0.39, 0.29) is 10.8 Å². The summed E-state index contributed by atoms with van der Waals surface area (Å²) in [6, 6.07) is 6.65. The summed E-state index contributed by atoms with van der Waals surface area (Å²) >= 11 is 5.81. The maximum absolute atomic E-state index is 12.0. The van der Waals surface area contributed by atoms with E-state index in [1.54, 1.807) is 24.3 Å². The largest absolute Gasteiger partial charge is 0.365 e. The summed E-state index contributed by atoms with van der Waals surface area (Å²) in [5.74, 6) is 0.221. The minimum absolute atomic E-state index is 0.0535. The van der Waals surface area contributed by atoms with E-state index in [9.17, 15) is 4.79 Å². The monoisotopic (exact) mass is 305 g/mol. The highest BCUT2D eigenvalue weighted by atomic mass is 35.5. The van der Waals surface area contributed by atoms with E-state index >= 15 is 0 Å². The summed E-state index contributed by atoms with van der Waals surface area (Å²) in [4.78, 5) is 17.2. The van der Waals surface area contributed by atoms with Crippen LogP contribution < -0.4 is 0 Å². The lowest BCUT2D eigenvalue weighted by atomic mass is 9.70. The van der Waals surface area contributed by atoms with Gasteiger partial charge in [-0.1, -0.05) is 37.5 Å². The molecule has 21 heavy (non-hydrogen) atoms. The fraction of sp³-hybridized carbons (Fsp3) is 0.529. The Morgan fingerprint density at radius 3 is 2.48 bits per heavy atom. The van der Waals surface area contributed by atoms with E-state index in [0.717, 1.165) is 18.6 Å². The Hall–Kier alpha value is -1.35. The average Bonchev–Trinajstić information content (AvgIpc) is 2.78. The summed E-state index contributed by atoms with van der Waals surface area (Å²) in [6.45, 7) is 6.84. The van der Waals surface area contributed by atoms with Crippen molar-refractivity contribution in [1.82, 2.24) is 0 Å². The Morgan fingerprint density at radius 2 is 1.95 bits per heavy atom. The zero-order chi connectivity index (χ0) is 15.3. The Balaban J connectivity index is 1.76. The fourth-order valence-electron chi connectivity index (χ4n) is 3.80. The first-order valence-electron chi connectivity index (χ1n) is 7.39. The van der Waals surface area contributed by atoms with Crippen molar-refractivity contribution in [3.05, 3.63) is 34.9 Å². The number of fused-ring (bicyclic) bond motifs is 2. The highest BCUT2D eigenvalue weighted by Crippen LogP contribution is 2.63. The topological polar surface area (TPSA) is 38.7 Å². The van der Waals surface area contributed by atoms with Crippen LogP contribution in [0.1, 0.15) is 50.4 Å². The molecule has 1 aromatic carbocycles. The third-order valence-corrected chi connectivity index (χ3v) is 6.08. The van der Waals surface area contributed by atoms with Crippen molar-refractivity contribution >= 4 is 23.3 Å². The van der Waals surface area contributed by atoms with Crippen molar-refractivity contribution in [3.63, 3.8) is 0 Å². The molecule has 2 unspecified atom stereocenters. The third kappa shape index (κ3) is 2.18. The molecule has 2 aliphatic rings. The molecule has 0 N–H and O–H groups in total. The predicted molar refractivity (Wildman–Crippen MR) is 83.5 cm³/mol. The van der Waals surface area contributed by atoms with Crippen molar-refractivity contribution in [2.45, 2.75) is 40.0 Å². The van der Waals surface area contributed by atoms with Crippen LogP contribution in [0, 0.1) is 16.7 Å². The summed E-state index contributed by atoms with van der Waals surface area (Å²) in [5.41, 5.74) is 1.79. The molecule has 2 saturated carbocycles. The molecule has 0 aliphatic heterocycles. The van der Waals surface area contributed by atoms with Gasteiger partial charge in [0.25, 0.3) is 0 Å². The molecule has 2 atom stereocenters. The summed E-state index contributed by atoms with van der Waals surface area (Å²) < 4.78 is 0. The molecule has 2 bridgehead atoms. The van der Waals surface area contributed by atoms with Gasteiger partial charge in [-0.25, -0.2) is 4.79 Å². The van der Waals surface area contributed by atoms with Gasteiger partial charge in [0.1, 0.15) is 0 Å². The molecule has 0 heterocycles. The van der Waals surface area contributed by atoms with E-state index in [1.807, 2.05) is 0 Å². The Bertz CT molecular complexity index is 606. The first kappa shape index (κ1) is 14.6. The highest BCUT2D eigenvalue weighted by molar-refractivity contribution is 6.30. The fourth-order valence-corrected chi connectivity index (χ4v) is 3.93. The number of halogens is 1. The third-order valence-electron chi connectivity index (χ3n) is 5.83. The molecule has 3 rings (SSSR count). The van der Waals surface area contributed by atoms with Crippen molar-refractivity contribution in [2.75, 3.05) is 0 Å². The maximum atomic E-state index is 12.0. The molecule has 0 amide bonds. The molecule has 2 aliphatic carbocycles. The van der Waals surface area contributed by atoms with Crippen LogP contribution in [-0.2, 0) is 4.84 Å². The lowest BCUT2D eigenvalue weighted by molar-refractivity contribution is 0.0508. The quantitative estimate of drug-likeness (QED) is 0.587. The molecule has 1 aromatic rings. The van der Waals surface area contributed by atoms with Crippen LogP contribution in [0.5, 0.6) is 0 Å². The van der Waals surface area contributed by atoms with Gasteiger partial charge >= 0.3 is 5.97 Å². The van der Waals surface area contributed by atoms with E-state index < -0.39 is 5.97 Å². The van der Waals surface area contributed by atoms with Gasteiger partial charge in [-0.15, -0.1) is 0 Å². The van der Waals surface area contributed by atoms with Crippen LogP contribution >= 0.6 is 11.6 Å². The number of oxime groups is 1. The standard InChI is InChI=1S/C17H20ClNO2/c1-16(2)12-8-9-17(16,3)14(10-12)19-21-15(20)11-4-6-13(18)7-5-11/h4-7,12H,8-10H2,1-3H3/b19-14+. The predicted octanol–water partition coefficient (Wildman–Crippen LogP) is 4.70. The molecule has 112 valence electrons. The van der Waals surface area contributed by atoms with Crippen LogP contribution in [0.2, 0.25) is 5.02 Å². The second-order valence-corrected chi connectivity index (χ2v) is 7.35. The smallest absolute Gasteiger partial charge is 0.313 e. The van der Waals surface area contributed by atoms with Crippen LogP contribution in [0.3, 0.4) is 0 Å². The first-order valence-corrected chi connectivity index (χ1v) is 7.77. The van der Waals surface area contributed by atoms with E-state index in [0.29, 0.717) is 16.5 Å². The Kier molecular flexibility index (Phi) is 3.36. The number of carbonyl (C=O) groups is 1. The van der Waals surface area contributed by atoms with Gasteiger partial charge in [-0.2, -0.15) is 0 Å². The van der Waals surface area contributed by atoms with Crippen LogP contribution in [-0.4, -0.2) is 11.7 Å². The minimum atomic E-state index is -0.427. The molecule has 0 radical (unpaired) electrons. The zero-order valence-electron chi connectivity index (χ0n) is 12.6. The van der Waals surface area contributed by atoms with E-state index in [4.69, 9.17) is 16.4 Å². The maximum Gasteiger partial charge on any atom is 0.365 e. The van der Waals surface area contributed by atoms with Gasteiger partial charge in [-0.3, -0.25) is 0 Å². The second-order valence-electron chi connectivity index (χ2n) is 6.92. The zero-order valence-corrected chi connectivity index (χ0v) is 13.4. The second kappa shape index (κ2) is 4.84. The Morgan fingerprint density at radius 1 is 1.29 bits per heavy atom. The summed E-state index contributed by atoms with van der Waals surface area (Å²) in [6.07, 6.45) is 3.31. The number of hydrogen-bond donors (Lipinski definition) is 0. The summed E-state index contributed by atoms with van der Waals surface area (Å²) in [5, 5.41) is 4.80. The molecule has 0 aromatic heterocycles. The van der Waals surface area contributed by atoms with E-state index in [1.165, 1.54) is 6.42 Å². The van der Waals surface area contributed by atoms with Gasteiger partial charge in [0.05, 0.1) is 11.3 Å². The average molecular weight is 306 g/mol. The lowest BCUT2D eigenvalue weighted by Gasteiger charge is -2.34. The number of carbonyl (C=O) groups excluding carboxylic acids is 1. The number of benzene rings is 1. The van der Waals surface area contributed by atoms with Gasteiger partial charge in [0.2, 0.25) is 0 Å². The van der Waals surface area contributed by atoms with Crippen molar-refractivity contribution < 1.29 is 9.63 Å². The number of rotatable bonds is 2. The molecular formula is C17H20ClNO2.